The summed E-state index contributed by atoms with van der Waals surface area (Å²) in [5.74, 6) is 0. The van der Waals surface area contributed by atoms with E-state index in [-0.39, 0.29) is 0 Å². The number of fused-ring (bicyclic) bond motifs is 3. The molecule has 0 aliphatic carbocycles. The molecule has 2 aliphatic rings. The molecule has 2 atom stereocenters. The van der Waals surface area contributed by atoms with Crippen LogP contribution in [0, 0.1) is 6.92 Å². The number of nitrogens with zero attached hydrogens (tertiary/aromatic N) is 3. The Labute approximate surface area is 116 Å². The molecule has 0 radical (unpaired) electrons. The van der Waals surface area contributed by atoms with Crippen LogP contribution in [0.3, 0.4) is 0 Å². The van der Waals surface area contributed by atoms with Crippen LogP contribution in [0.4, 0.5) is 0 Å². The Morgan fingerprint density at radius 3 is 3.00 bits per heavy atom. The molecule has 1 aromatic heterocycles. The van der Waals surface area contributed by atoms with E-state index in [1.165, 1.54) is 43.6 Å². The third kappa shape index (κ3) is 2.41. The number of hydrogen-bond acceptors (Lipinski definition) is 3. The minimum Gasteiger partial charge on any atom is -0.309 e. The summed E-state index contributed by atoms with van der Waals surface area (Å²) < 4.78 is 0. The number of pyridine rings is 1. The highest BCUT2D eigenvalue weighted by Gasteiger charge is 2.38. The predicted octanol–water partition coefficient (Wildman–Crippen LogP) is 2.40. The van der Waals surface area contributed by atoms with Gasteiger partial charge >= 0.3 is 0 Å². The van der Waals surface area contributed by atoms with E-state index in [2.05, 4.69) is 41.9 Å². The number of aromatic nitrogens is 1. The van der Waals surface area contributed by atoms with E-state index in [1.807, 2.05) is 6.20 Å². The summed E-state index contributed by atoms with van der Waals surface area (Å²) in [5.41, 5.74) is 4.34. The Kier molecular flexibility index (Phi) is 3.59. The zero-order valence-electron chi connectivity index (χ0n) is 12.4. The summed E-state index contributed by atoms with van der Waals surface area (Å²) in [6.45, 7) is 4.65. The van der Waals surface area contributed by atoms with E-state index in [1.54, 1.807) is 5.56 Å². The van der Waals surface area contributed by atoms with Crippen LogP contribution in [0.5, 0.6) is 0 Å². The first kappa shape index (κ1) is 13.1. The highest BCUT2D eigenvalue weighted by atomic mass is 15.2. The van der Waals surface area contributed by atoms with Gasteiger partial charge in [0.2, 0.25) is 0 Å². The molecule has 0 aromatic carbocycles. The van der Waals surface area contributed by atoms with Crippen molar-refractivity contribution >= 4 is 0 Å². The van der Waals surface area contributed by atoms with Crippen LogP contribution in [0.15, 0.2) is 12.3 Å². The van der Waals surface area contributed by atoms with E-state index in [4.69, 9.17) is 0 Å². The maximum atomic E-state index is 4.60. The summed E-state index contributed by atoms with van der Waals surface area (Å²) in [5, 5.41) is 0. The molecule has 0 unspecified atom stereocenters. The molecule has 3 heteroatoms. The van der Waals surface area contributed by atoms with Crippen LogP contribution in [0.1, 0.15) is 42.1 Å². The number of hydrogen-bond donors (Lipinski definition) is 0. The average molecular weight is 259 g/mol. The van der Waals surface area contributed by atoms with Gasteiger partial charge in [-0.1, -0.05) is 0 Å². The summed E-state index contributed by atoms with van der Waals surface area (Å²) in [7, 11) is 4.35. The second kappa shape index (κ2) is 5.22. The summed E-state index contributed by atoms with van der Waals surface area (Å²) in [6.07, 6.45) is 7.08. The van der Waals surface area contributed by atoms with Crippen LogP contribution in [-0.2, 0) is 6.42 Å². The predicted molar refractivity (Wildman–Crippen MR) is 78.3 cm³/mol. The molecule has 0 bridgehead atoms. The van der Waals surface area contributed by atoms with Gasteiger partial charge in [-0.15, -0.1) is 0 Å². The number of rotatable bonds is 3. The first-order valence-electron chi connectivity index (χ1n) is 7.51. The molecule has 2 aliphatic heterocycles. The van der Waals surface area contributed by atoms with Gasteiger partial charge in [-0.25, -0.2) is 0 Å². The minimum absolute atomic E-state index is 0.643. The van der Waals surface area contributed by atoms with E-state index in [0.29, 0.717) is 6.04 Å². The van der Waals surface area contributed by atoms with Gasteiger partial charge < -0.3 is 4.90 Å². The second-order valence-electron chi connectivity index (χ2n) is 6.31. The molecule has 0 spiro atoms. The average Bonchev–Trinajstić information content (AvgIpc) is 2.79. The molecule has 1 aromatic rings. The molecule has 0 amide bonds. The maximum Gasteiger partial charge on any atom is 0.0466 e. The van der Waals surface area contributed by atoms with Crippen molar-refractivity contribution in [3.63, 3.8) is 0 Å². The minimum atomic E-state index is 0.643. The lowest BCUT2D eigenvalue weighted by atomic mass is 9.93. The van der Waals surface area contributed by atoms with Crippen molar-refractivity contribution in [1.29, 1.82) is 0 Å². The van der Waals surface area contributed by atoms with Gasteiger partial charge in [0.15, 0.2) is 0 Å². The lowest BCUT2D eigenvalue weighted by Crippen LogP contribution is -2.39. The molecule has 19 heavy (non-hydrogen) atoms. The fraction of sp³-hybridized carbons (Fsp3) is 0.688. The summed E-state index contributed by atoms with van der Waals surface area (Å²) in [4.78, 5) is 9.66. The first-order valence-corrected chi connectivity index (χ1v) is 7.51. The second-order valence-corrected chi connectivity index (χ2v) is 6.31. The monoisotopic (exact) mass is 259 g/mol. The molecular weight excluding hydrogens is 234 g/mol. The third-order valence-corrected chi connectivity index (χ3v) is 4.78. The topological polar surface area (TPSA) is 19.4 Å². The smallest absolute Gasteiger partial charge is 0.0466 e. The lowest BCUT2D eigenvalue weighted by molar-refractivity contribution is 0.165. The molecule has 1 fully saturated rings. The van der Waals surface area contributed by atoms with Crippen molar-refractivity contribution in [2.45, 2.75) is 44.7 Å². The van der Waals surface area contributed by atoms with Gasteiger partial charge in [0.05, 0.1) is 0 Å². The summed E-state index contributed by atoms with van der Waals surface area (Å²) >= 11 is 0. The SMILES string of the molecule is Cc1ccnc2c1[C@@H]1CC[C@H](CCN(C)C)N1CC2. The van der Waals surface area contributed by atoms with Crippen molar-refractivity contribution in [1.82, 2.24) is 14.8 Å². The standard InChI is InChI=1S/C16H25N3/c1-12-6-9-17-14-8-11-19-13(7-10-18(2)3)4-5-15(19)16(12)14/h6,9,13,15H,4-5,7-8,10-11H2,1-3H3/t13-,15+/m1/s1. The van der Waals surface area contributed by atoms with Gasteiger partial charge in [-0.2, -0.15) is 0 Å². The Hall–Kier alpha value is -0.930. The van der Waals surface area contributed by atoms with Crippen LogP contribution in [-0.4, -0.2) is 48.0 Å². The third-order valence-electron chi connectivity index (χ3n) is 4.78. The molecule has 1 saturated heterocycles. The van der Waals surface area contributed by atoms with Crippen molar-refractivity contribution < 1.29 is 0 Å². The van der Waals surface area contributed by atoms with E-state index >= 15 is 0 Å². The normalized spacial score (nSPS) is 26.5. The Balaban J connectivity index is 1.79. The van der Waals surface area contributed by atoms with Gasteiger partial charge in [0.1, 0.15) is 0 Å². The van der Waals surface area contributed by atoms with Crippen LogP contribution in [0.25, 0.3) is 0 Å². The highest BCUT2D eigenvalue weighted by Crippen LogP contribution is 2.42. The van der Waals surface area contributed by atoms with E-state index in [9.17, 15) is 0 Å². The summed E-state index contributed by atoms with van der Waals surface area (Å²) in [6, 6.07) is 3.60. The zero-order valence-corrected chi connectivity index (χ0v) is 12.4. The first-order chi connectivity index (χ1) is 9.16. The van der Waals surface area contributed by atoms with E-state index in [0.717, 1.165) is 12.5 Å². The number of aryl methyl sites for hydroxylation is 1. The Bertz CT molecular complexity index is 455. The van der Waals surface area contributed by atoms with Crippen molar-refractivity contribution in [3.05, 3.63) is 29.1 Å². The largest absolute Gasteiger partial charge is 0.309 e. The fourth-order valence-corrected chi connectivity index (χ4v) is 3.82. The van der Waals surface area contributed by atoms with Crippen molar-refractivity contribution in [3.8, 4) is 0 Å². The van der Waals surface area contributed by atoms with Gasteiger partial charge in [0.25, 0.3) is 0 Å². The van der Waals surface area contributed by atoms with Crippen molar-refractivity contribution in [2.24, 2.45) is 0 Å². The quantitative estimate of drug-likeness (QED) is 0.831. The maximum absolute atomic E-state index is 4.60. The van der Waals surface area contributed by atoms with Crippen molar-refractivity contribution in [2.75, 3.05) is 27.2 Å². The lowest BCUT2D eigenvalue weighted by Gasteiger charge is -2.36. The molecule has 3 rings (SSSR count). The van der Waals surface area contributed by atoms with Gasteiger partial charge in [-0.3, -0.25) is 9.88 Å². The molecule has 104 valence electrons. The fourth-order valence-electron chi connectivity index (χ4n) is 3.82. The molecule has 0 saturated carbocycles. The Morgan fingerprint density at radius 1 is 1.37 bits per heavy atom. The van der Waals surface area contributed by atoms with Crippen LogP contribution >= 0.6 is 0 Å². The Morgan fingerprint density at radius 2 is 2.21 bits per heavy atom. The molecule has 0 N–H and O–H groups in total. The molecule has 3 nitrogen and oxygen atoms in total. The molecular formula is C16H25N3. The molecule has 3 heterocycles. The van der Waals surface area contributed by atoms with Crippen LogP contribution < -0.4 is 0 Å². The van der Waals surface area contributed by atoms with E-state index < -0.39 is 0 Å². The van der Waals surface area contributed by atoms with Gasteiger partial charge in [-0.05, 0) is 64.0 Å². The zero-order chi connectivity index (χ0) is 13.4. The van der Waals surface area contributed by atoms with Crippen LogP contribution in [0.2, 0.25) is 0 Å². The highest BCUT2D eigenvalue weighted by molar-refractivity contribution is 5.35. The van der Waals surface area contributed by atoms with Gasteiger partial charge in [0, 0.05) is 36.9 Å².